The van der Waals surface area contributed by atoms with Gasteiger partial charge in [0.05, 0.1) is 0 Å². The highest BCUT2D eigenvalue weighted by atomic mass is 16.1. The Morgan fingerprint density at radius 1 is 1.35 bits per heavy atom. The van der Waals surface area contributed by atoms with E-state index >= 15 is 0 Å². The van der Waals surface area contributed by atoms with Crippen molar-refractivity contribution in [2.45, 2.75) is 58.9 Å². The summed E-state index contributed by atoms with van der Waals surface area (Å²) in [4.78, 5) is 12.0. The molecule has 0 saturated heterocycles. The summed E-state index contributed by atoms with van der Waals surface area (Å²) in [6, 6.07) is 0.422. The van der Waals surface area contributed by atoms with Gasteiger partial charge < -0.3 is 10.6 Å². The summed E-state index contributed by atoms with van der Waals surface area (Å²) in [6.07, 6.45) is 6.20. The normalized spacial score (nSPS) is 26.5. The summed E-state index contributed by atoms with van der Waals surface area (Å²) in [5.41, 5.74) is 0. The smallest absolute Gasteiger partial charge is 0.224 e. The van der Waals surface area contributed by atoms with E-state index in [9.17, 15) is 4.79 Å². The number of hydrogen-bond donors (Lipinski definition) is 2. The Morgan fingerprint density at radius 2 is 2.12 bits per heavy atom. The molecule has 1 aliphatic carbocycles. The predicted molar refractivity (Wildman–Crippen MR) is 71.9 cm³/mol. The van der Waals surface area contributed by atoms with E-state index in [1.165, 1.54) is 25.7 Å². The van der Waals surface area contributed by atoms with Gasteiger partial charge in [0.25, 0.3) is 0 Å². The van der Waals surface area contributed by atoms with Crippen molar-refractivity contribution < 1.29 is 4.79 Å². The second kappa shape index (κ2) is 7.70. The molecule has 2 N–H and O–H groups in total. The number of rotatable bonds is 6. The first kappa shape index (κ1) is 14.5. The van der Waals surface area contributed by atoms with Crippen LogP contribution in [0.15, 0.2) is 0 Å². The highest BCUT2D eigenvalue weighted by Crippen LogP contribution is 2.26. The molecule has 1 aliphatic rings. The summed E-state index contributed by atoms with van der Waals surface area (Å²) < 4.78 is 0. The van der Waals surface area contributed by atoms with Crippen LogP contribution in [0, 0.1) is 11.8 Å². The van der Waals surface area contributed by atoms with Crippen molar-refractivity contribution in [3.63, 3.8) is 0 Å². The average Bonchev–Trinajstić information content (AvgIpc) is 2.36. The van der Waals surface area contributed by atoms with E-state index in [0.29, 0.717) is 6.04 Å². The Labute approximate surface area is 106 Å². The number of nitrogens with one attached hydrogen (secondary N) is 2. The van der Waals surface area contributed by atoms with Crippen LogP contribution in [0.25, 0.3) is 0 Å². The van der Waals surface area contributed by atoms with Crippen LogP contribution in [0.1, 0.15) is 52.9 Å². The van der Waals surface area contributed by atoms with Gasteiger partial charge in [0.15, 0.2) is 0 Å². The number of hydrogen-bond acceptors (Lipinski definition) is 2. The topological polar surface area (TPSA) is 41.1 Å². The van der Waals surface area contributed by atoms with Gasteiger partial charge in [-0.05, 0) is 25.3 Å². The largest absolute Gasteiger partial charge is 0.353 e. The monoisotopic (exact) mass is 240 g/mol. The van der Waals surface area contributed by atoms with Crippen LogP contribution in [-0.2, 0) is 4.79 Å². The first-order valence-corrected chi connectivity index (χ1v) is 7.18. The van der Waals surface area contributed by atoms with Gasteiger partial charge in [-0.2, -0.15) is 0 Å². The maximum Gasteiger partial charge on any atom is 0.224 e. The predicted octanol–water partition coefficient (Wildman–Crippen LogP) is 2.32. The molecule has 0 radical (unpaired) electrons. The molecule has 100 valence electrons. The number of carbonyl (C=O) groups is 1. The van der Waals surface area contributed by atoms with Gasteiger partial charge in [-0.25, -0.2) is 0 Å². The lowest BCUT2D eigenvalue weighted by molar-refractivity contribution is -0.125. The number of carbonyl (C=O) groups excluding carboxylic acids is 1. The minimum Gasteiger partial charge on any atom is -0.353 e. The lowest BCUT2D eigenvalue weighted by atomic mass is 9.84. The first-order chi connectivity index (χ1) is 8.17. The summed E-state index contributed by atoms with van der Waals surface area (Å²) >= 11 is 0. The van der Waals surface area contributed by atoms with Crippen molar-refractivity contribution in [1.29, 1.82) is 0 Å². The van der Waals surface area contributed by atoms with Crippen molar-refractivity contribution in [1.82, 2.24) is 10.6 Å². The van der Waals surface area contributed by atoms with Gasteiger partial charge in [-0.1, -0.05) is 40.0 Å². The van der Waals surface area contributed by atoms with Crippen LogP contribution in [0.2, 0.25) is 0 Å². The van der Waals surface area contributed by atoms with Gasteiger partial charge in [-0.15, -0.1) is 0 Å². The van der Waals surface area contributed by atoms with Crippen LogP contribution in [0.4, 0.5) is 0 Å². The fraction of sp³-hybridized carbons (Fsp3) is 0.929. The molecule has 3 atom stereocenters. The molecule has 0 aromatic rings. The molecule has 3 nitrogen and oxygen atoms in total. The quantitative estimate of drug-likeness (QED) is 0.748. The van der Waals surface area contributed by atoms with Crippen molar-refractivity contribution in [3.8, 4) is 0 Å². The fourth-order valence-electron chi connectivity index (χ4n) is 2.59. The second-order valence-electron chi connectivity index (χ2n) is 5.36. The van der Waals surface area contributed by atoms with E-state index in [2.05, 4.69) is 24.5 Å². The Morgan fingerprint density at radius 3 is 2.76 bits per heavy atom. The Kier molecular flexibility index (Phi) is 6.56. The lowest BCUT2D eigenvalue weighted by Crippen LogP contribution is -2.43. The molecular formula is C14H28N2O. The molecule has 0 aliphatic heterocycles. The van der Waals surface area contributed by atoms with E-state index in [4.69, 9.17) is 0 Å². The molecule has 0 aromatic heterocycles. The summed E-state index contributed by atoms with van der Waals surface area (Å²) in [5.74, 6) is 1.11. The van der Waals surface area contributed by atoms with Crippen molar-refractivity contribution in [3.05, 3.63) is 0 Å². The third-order valence-corrected chi connectivity index (χ3v) is 3.85. The SMILES string of the molecule is CCNCC(C)C(=O)NC1CCCC(CC)C1. The Hall–Kier alpha value is -0.570. The minimum atomic E-state index is 0.0805. The van der Waals surface area contributed by atoms with Gasteiger partial charge in [-0.3, -0.25) is 4.79 Å². The van der Waals surface area contributed by atoms with E-state index < -0.39 is 0 Å². The fourth-order valence-corrected chi connectivity index (χ4v) is 2.59. The van der Waals surface area contributed by atoms with Crippen LogP contribution in [-0.4, -0.2) is 25.0 Å². The zero-order valence-electron chi connectivity index (χ0n) is 11.6. The van der Waals surface area contributed by atoms with Crippen LogP contribution >= 0.6 is 0 Å². The van der Waals surface area contributed by atoms with Crippen LogP contribution in [0.5, 0.6) is 0 Å². The van der Waals surface area contributed by atoms with Crippen molar-refractivity contribution in [2.75, 3.05) is 13.1 Å². The molecule has 1 saturated carbocycles. The molecule has 3 heteroatoms. The molecule has 0 heterocycles. The molecule has 3 unspecified atom stereocenters. The maximum atomic E-state index is 12.0. The molecule has 1 amide bonds. The lowest BCUT2D eigenvalue weighted by Gasteiger charge is -2.30. The molecule has 17 heavy (non-hydrogen) atoms. The standard InChI is InChI=1S/C14H28N2O/c1-4-12-7-6-8-13(9-12)16-14(17)11(3)10-15-5-2/h11-13,15H,4-10H2,1-3H3,(H,16,17). The zero-order valence-corrected chi connectivity index (χ0v) is 11.6. The molecule has 0 spiro atoms. The summed E-state index contributed by atoms with van der Waals surface area (Å²) in [6.45, 7) is 8.03. The maximum absolute atomic E-state index is 12.0. The highest BCUT2D eigenvalue weighted by molar-refractivity contribution is 5.78. The first-order valence-electron chi connectivity index (χ1n) is 7.18. The van der Waals surface area contributed by atoms with E-state index in [0.717, 1.165) is 25.4 Å². The zero-order chi connectivity index (χ0) is 12.7. The molecule has 0 bridgehead atoms. The Bertz CT molecular complexity index is 230. The average molecular weight is 240 g/mol. The van der Waals surface area contributed by atoms with Crippen LogP contribution < -0.4 is 10.6 Å². The van der Waals surface area contributed by atoms with E-state index in [1.54, 1.807) is 0 Å². The molecular weight excluding hydrogens is 212 g/mol. The minimum absolute atomic E-state index is 0.0805. The van der Waals surface area contributed by atoms with Gasteiger partial charge in [0, 0.05) is 18.5 Å². The van der Waals surface area contributed by atoms with Gasteiger partial charge >= 0.3 is 0 Å². The summed E-state index contributed by atoms with van der Waals surface area (Å²) in [5, 5.41) is 6.44. The van der Waals surface area contributed by atoms with Crippen molar-refractivity contribution in [2.24, 2.45) is 11.8 Å². The highest BCUT2D eigenvalue weighted by Gasteiger charge is 2.23. The van der Waals surface area contributed by atoms with Crippen molar-refractivity contribution >= 4 is 5.91 Å². The molecule has 1 rings (SSSR count). The third-order valence-electron chi connectivity index (χ3n) is 3.85. The number of amides is 1. The van der Waals surface area contributed by atoms with Crippen LogP contribution in [0.3, 0.4) is 0 Å². The van der Waals surface area contributed by atoms with E-state index in [1.807, 2.05) is 6.92 Å². The van der Waals surface area contributed by atoms with Gasteiger partial charge in [0.2, 0.25) is 5.91 Å². The third kappa shape index (κ3) is 5.07. The van der Waals surface area contributed by atoms with E-state index in [-0.39, 0.29) is 11.8 Å². The molecule has 1 fully saturated rings. The van der Waals surface area contributed by atoms with Gasteiger partial charge in [0.1, 0.15) is 0 Å². The second-order valence-corrected chi connectivity index (χ2v) is 5.36. The molecule has 0 aromatic carbocycles. The summed E-state index contributed by atoms with van der Waals surface area (Å²) in [7, 11) is 0. The Balaban J connectivity index is 2.29.